The number of para-hydroxylation sites is 1. The first-order valence-electron chi connectivity index (χ1n) is 19.6. The van der Waals surface area contributed by atoms with Crippen LogP contribution in [0, 0.1) is 6.92 Å². The van der Waals surface area contributed by atoms with Crippen LogP contribution in [0.1, 0.15) is 81.4 Å². The number of ether oxygens (including phenoxy) is 1. The van der Waals surface area contributed by atoms with Gasteiger partial charge in [0.15, 0.2) is 0 Å². The molecule has 1 fully saturated rings. The standard InChI is InChI=1S/C41H56N8O8/c1-4-10-35(50)46-32(19-20-36(51)57-3)40(55)49-22-8-7-14-34(49)39(54)48-33(23-28-25-44-30-12-6-5-11-29(28)30)38(53)47-31(13-9-21-43-41(42)56)37(52)45-24-27-17-15-26(2)16-18-27/h5-6,11-12,15-18,25,31-34,44H,4,7-10,13-14,19-24H2,1-3H3,(H,45,52)(H,46,50)(H,47,53)(H,48,54)(H3,42,43,56)/t31-,32-,33-,34-/m0/s1. The summed E-state index contributed by atoms with van der Waals surface area (Å²) in [5.74, 6) is -3.04. The van der Waals surface area contributed by atoms with Gasteiger partial charge in [-0.05, 0) is 69.1 Å². The lowest BCUT2D eigenvalue weighted by Gasteiger charge is -2.37. The van der Waals surface area contributed by atoms with Gasteiger partial charge in [-0.3, -0.25) is 28.8 Å². The molecule has 1 aliphatic rings. The second kappa shape index (κ2) is 22.0. The number of esters is 1. The fraction of sp³-hybridized carbons (Fsp3) is 0.488. The topological polar surface area (TPSA) is 234 Å². The highest BCUT2D eigenvalue weighted by Crippen LogP contribution is 2.22. The number of hydrogen-bond acceptors (Lipinski definition) is 8. The number of benzene rings is 2. The summed E-state index contributed by atoms with van der Waals surface area (Å²) in [4.78, 5) is 96.8. The highest BCUT2D eigenvalue weighted by Gasteiger charge is 2.38. The first-order chi connectivity index (χ1) is 27.4. The summed E-state index contributed by atoms with van der Waals surface area (Å²) in [5, 5.41) is 14.7. The van der Waals surface area contributed by atoms with Gasteiger partial charge in [-0.2, -0.15) is 0 Å². The molecular weight excluding hydrogens is 732 g/mol. The Hall–Kier alpha value is -5.93. The minimum Gasteiger partial charge on any atom is -0.469 e. The van der Waals surface area contributed by atoms with E-state index >= 15 is 0 Å². The Bertz CT molecular complexity index is 1860. The van der Waals surface area contributed by atoms with Crippen LogP contribution in [0.25, 0.3) is 10.9 Å². The van der Waals surface area contributed by atoms with Crippen LogP contribution >= 0.6 is 0 Å². The molecule has 1 aliphatic heterocycles. The Morgan fingerprint density at radius 1 is 0.877 bits per heavy atom. The number of carbonyl (C=O) groups excluding carboxylic acids is 7. The SMILES string of the molecule is CCCC(=O)N[C@@H](CCC(=O)OC)C(=O)N1CCCC[C@H]1C(=O)N[C@@H](Cc1c[nH]c2ccccc12)C(=O)N[C@@H](CCCNC(N)=O)C(=O)NCc1ccc(C)cc1. The number of nitrogens with two attached hydrogens (primary N) is 1. The lowest BCUT2D eigenvalue weighted by atomic mass is 9.97. The number of nitrogens with one attached hydrogen (secondary N) is 6. The lowest BCUT2D eigenvalue weighted by Crippen LogP contribution is -2.60. The number of methoxy groups -OCH3 is 1. The molecule has 7 amide bonds. The van der Waals surface area contributed by atoms with Crippen molar-refractivity contribution < 1.29 is 38.3 Å². The van der Waals surface area contributed by atoms with Crippen molar-refractivity contribution in [2.24, 2.45) is 5.73 Å². The Balaban J connectivity index is 1.58. The van der Waals surface area contributed by atoms with Crippen LogP contribution in [0.15, 0.2) is 54.7 Å². The van der Waals surface area contributed by atoms with Gasteiger partial charge in [-0.15, -0.1) is 0 Å². The molecule has 2 aromatic carbocycles. The maximum Gasteiger partial charge on any atom is 0.312 e. The number of carbonyl (C=O) groups is 7. The molecule has 3 aromatic rings. The van der Waals surface area contributed by atoms with Gasteiger partial charge in [0.2, 0.25) is 29.5 Å². The molecule has 1 saturated heterocycles. The number of fused-ring (bicyclic) bond motifs is 1. The number of nitrogens with zero attached hydrogens (tertiary/aromatic N) is 1. The van der Waals surface area contributed by atoms with Gasteiger partial charge in [0.1, 0.15) is 24.2 Å². The number of aromatic amines is 1. The Morgan fingerprint density at radius 3 is 2.35 bits per heavy atom. The zero-order valence-corrected chi connectivity index (χ0v) is 33.0. The Morgan fingerprint density at radius 2 is 1.63 bits per heavy atom. The van der Waals surface area contributed by atoms with E-state index in [2.05, 4.69) is 31.6 Å². The minimum absolute atomic E-state index is 0.0142. The van der Waals surface area contributed by atoms with Crippen molar-refractivity contribution >= 4 is 52.4 Å². The van der Waals surface area contributed by atoms with E-state index in [0.717, 1.165) is 27.6 Å². The lowest BCUT2D eigenvalue weighted by molar-refractivity contribution is -0.147. The number of aryl methyl sites for hydroxylation is 1. The molecular formula is C41H56N8O8. The van der Waals surface area contributed by atoms with E-state index in [1.807, 2.05) is 62.4 Å². The molecule has 4 atom stereocenters. The normalized spacial score (nSPS) is 15.4. The van der Waals surface area contributed by atoms with Crippen molar-refractivity contribution in [1.29, 1.82) is 0 Å². The summed E-state index contributed by atoms with van der Waals surface area (Å²) >= 11 is 0. The number of urea groups is 1. The quantitative estimate of drug-likeness (QED) is 0.0662. The van der Waals surface area contributed by atoms with Gasteiger partial charge in [0.05, 0.1) is 7.11 Å². The molecule has 0 unspecified atom stereocenters. The predicted molar refractivity (Wildman–Crippen MR) is 213 cm³/mol. The van der Waals surface area contributed by atoms with Crippen LogP contribution in [0.3, 0.4) is 0 Å². The summed E-state index contributed by atoms with van der Waals surface area (Å²) in [6.45, 7) is 4.41. The van der Waals surface area contributed by atoms with Crippen LogP contribution < -0.4 is 32.3 Å². The molecule has 1 aromatic heterocycles. The zero-order chi connectivity index (χ0) is 41.3. The van der Waals surface area contributed by atoms with Gasteiger partial charge in [0, 0.05) is 56.0 Å². The number of H-pyrrole nitrogens is 1. The molecule has 16 heteroatoms. The number of primary amides is 1. The van der Waals surface area contributed by atoms with Crippen molar-refractivity contribution in [2.75, 3.05) is 20.2 Å². The van der Waals surface area contributed by atoms with Gasteiger partial charge < -0.3 is 46.9 Å². The van der Waals surface area contributed by atoms with E-state index in [1.165, 1.54) is 12.0 Å². The van der Waals surface area contributed by atoms with E-state index in [-0.39, 0.29) is 57.6 Å². The summed E-state index contributed by atoms with van der Waals surface area (Å²) in [6, 6.07) is 10.2. The van der Waals surface area contributed by atoms with Crippen LogP contribution in [-0.2, 0) is 46.5 Å². The first kappa shape index (κ1) is 43.8. The molecule has 0 spiro atoms. The van der Waals surface area contributed by atoms with Crippen molar-refractivity contribution in [2.45, 2.75) is 109 Å². The number of aromatic nitrogens is 1. The van der Waals surface area contributed by atoms with Crippen LogP contribution in [0.4, 0.5) is 4.79 Å². The molecule has 16 nitrogen and oxygen atoms in total. The van der Waals surface area contributed by atoms with Gasteiger partial charge >= 0.3 is 12.0 Å². The third kappa shape index (κ3) is 13.4. The van der Waals surface area contributed by atoms with E-state index in [9.17, 15) is 33.6 Å². The number of piperidine rings is 1. The average molecular weight is 789 g/mol. The van der Waals surface area contributed by atoms with Gasteiger partial charge in [0.25, 0.3) is 0 Å². The molecule has 0 aliphatic carbocycles. The number of hydrogen-bond donors (Lipinski definition) is 7. The molecule has 4 rings (SSSR count). The maximum absolute atomic E-state index is 14.3. The minimum atomic E-state index is -1.17. The van der Waals surface area contributed by atoms with E-state index in [0.29, 0.717) is 32.1 Å². The molecule has 8 N–H and O–H groups in total. The number of likely N-dealkylation sites (tertiary alicyclic amines) is 1. The zero-order valence-electron chi connectivity index (χ0n) is 33.0. The van der Waals surface area contributed by atoms with Gasteiger partial charge in [-0.25, -0.2) is 4.79 Å². The molecule has 2 heterocycles. The van der Waals surface area contributed by atoms with Crippen LogP contribution in [-0.4, -0.2) is 95.8 Å². The second-order valence-corrected chi connectivity index (χ2v) is 14.4. The summed E-state index contributed by atoms with van der Waals surface area (Å²) in [5.41, 5.74) is 8.74. The maximum atomic E-state index is 14.3. The largest absolute Gasteiger partial charge is 0.469 e. The van der Waals surface area contributed by atoms with E-state index in [4.69, 9.17) is 10.5 Å². The molecule has 57 heavy (non-hydrogen) atoms. The first-order valence-corrected chi connectivity index (χ1v) is 19.6. The Labute approximate surface area is 332 Å². The third-order valence-electron chi connectivity index (χ3n) is 9.98. The number of rotatable bonds is 20. The second-order valence-electron chi connectivity index (χ2n) is 14.4. The predicted octanol–water partition coefficient (Wildman–Crippen LogP) is 2.37. The smallest absolute Gasteiger partial charge is 0.312 e. The average Bonchev–Trinajstić information content (AvgIpc) is 3.61. The molecule has 0 bridgehead atoms. The Kier molecular flexibility index (Phi) is 16.9. The van der Waals surface area contributed by atoms with Crippen molar-refractivity contribution in [3.63, 3.8) is 0 Å². The fourth-order valence-electron chi connectivity index (χ4n) is 6.86. The molecule has 308 valence electrons. The highest BCUT2D eigenvalue weighted by atomic mass is 16.5. The van der Waals surface area contributed by atoms with Crippen molar-refractivity contribution in [3.05, 3.63) is 71.4 Å². The molecule has 0 saturated carbocycles. The fourth-order valence-corrected chi connectivity index (χ4v) is 6.86. The summed E-state index contributed by atoms with van der Waals surface area (Å²) in [6.07, 6.45) is 4.46. The van der Waals surface area contributed by atoms with Crippen molar-refractivity contribution in [3.8, 4) is 0 Å². The van der Waals surface area contributed by atoms with E-state index < -0.39 is 59.8 Å². The molecule has 0 radical (unpaired) electrons. The van der Waals surface area contributed by atoms with Crippen LogP contribution in [0.2, 0.25) is 0 Å². The third-order valence-corrected chi connectivity index (χ3v) is 9.98. The van der Waals surface area contributed by atoms with Crippen molar-refractivity contribution in [1.82, 2.24) is 36.5 Å². The number of amides is 7. The van der Waals surface area contributed by atoms with Crippen LogP contribution in [0.5, 0.6) is 0 Å². The highest BCUT2D eigenvalue weighted by molar-refractivity contribution is 5.96. The monoisotopic (exact) mass is 788 g/mol. The van der Waals surface area contributed by atoms with E-state index in [1.54, 1.807) is 6.20 Å². The summed E-state index contributed by atoms with van der Waals surface area (Å²) < 4.78 is 4.76. The van der Waals surface area contributed by atoms with Gasteiger partial charge in [-0.1, -0.05) is 55.0 Å². The summed E-state index contributed by atoms with van der Waals surface area (Å²) in [7, 11) is 1.24.